The first-order valence-corrected chi connectivity index (χ1v) is 23.7. The van der Waals surface area contributed by atoms with Gasteiger partial charge < -0.3 is 4.90 Å². The van der Waals surface area contributed by atoms with Gasteiger partial charge in [0.05, 0.1) is 0 Å². The summed E-state index contributed by atoms with van der Waals surface area (Å²) in [4.78, 5) is 2.42. The van der Waals surface area contributed by atoms with Crippen LogP contribution in [0.3, 0.4) is 0 Å². The van der Waals surface area contributed by atoms with Gasteiger partial charge in [-0.2, -0.15) is 0 Å². The standard InChI is InChI=1S/C58H41NSSi/c1-5-17-42(18-6-1)43-31-34-47(35-32-43)59(49-36-38-57-56(41-49)55-37-33-44-19-13-14-30-54(44)58(55)60-57)48-22-15-20-45(39-48)46-21-16-29-53(40-46)61(50-23-7-2-8-24-50,51-25-9-3-10-26-51)52-27-11-4-12-28-52/h1-41H. The number of hydrogen-bond acceptors (Lipinski definition) is 2. The summed E-state index contributed by atoms with van der Waals surface area (Å²) in [6.07, 6.45) is 0. The Balaban J connectivity index is 1.07. The quantitative estimate of drug-likeness (QED) is 0.104. The van der Waals surface area contributed by atoms with Crippen LogP contribution in [0.1, 0.15) is 0 Å². The smallest absolute Gasteiger partial charge is 0.179 e. The molecule has 0 unspecified atom stereocenters. The van der Waals surface area contributed by atoms with Gasteiger partial charge in [-0.05, 0) is 96.2 Å². The van der Waals surface area contributed by atoms with Crippen molar-refractivity contribution in [1.82, 2.24) is 0 Å². The third-order valence-electron chi connectivity index (χ3n) is 12.2. The molecule has 0 amide bonds. The number of benzene rings is 10. The van der Waals surface area contributed by atoms with Crippen molar-refractivity contribution >= 4 is 88.2 Å². The predicted molar refractivity (Wildman–Crippen MR) is 266 cm³/mol. The minimum absolute atomic E-state index is 1.11. The molecule has 11 rings (SSSR count). The van der Waals surface area contributed by atoms with E-state index in [1.807, 2.05) is 11.3 Å². The second-order valence-corrected chi connectivity index (χ2v) is 20.5. The summed E-state index contributed by atoms with van der Waals surface area (Å²) in [5.41, 5.74) is 8.13. The van der Waals surface area contributed by atoms with Crippen molar-refractivity contribution in [2.75, 3.05) is 4.90 Å². The van der Waals surface area contributed by atoms with Crippen molar-refractivity contribution in [3.63, 3.8) is 0 Å². The third-order valence-corrected chi connectivity index (χ3v) is 18.2. The van der Waals surface area contributed by atoms with E-state index in [1.165, 1.54) is 73.9 Å². The molecule has 1 aromatic heterocycles. The number of rotatable bonds is 9. The van der Waals surface area contributed by atoms with Gasteiger partial charge in [0.15, 0.2) is 8.07 Å². The summed E-state index contributed by atoms with van der Waals surface area (Å²) in [6, 6.07) is 91.9. The van der Waals surface area contributed by atoms with Crippen LogP contribution in [0.25, 0.3) is 53.2 Å². The van der Waals surface area contributed by atoms with Gasteiger partial charge in [-0.15, -0.1) is 11.3 Å². The van der Waals surface area contributed by atoms with Crippen LogP contribution in [0.15, 0.2) is 249 Å². The maximum Gasteiger partial charge on any atom is 0.179 e. The fraction of sp³-hybridized carbons (Fsp3) is 0. The molecule has 11 aromatic rings. The summed E-state index contributed by atoms with van der Waals surface area (Å²) >= 11 is 1.89. The molecule has 0 aliphatic heterocycles. The molecule has 0 saturated heterocycles. The van der Waals surface area contributed by atoms with Crippen LogP contribution in [0.5, 0.6) is 0 Å². The molecule has 1 nitrogen and oxygen atoms in total. The van der Waals surface area contributed by atoms with Crippen molar-refractivity contribution in [3.05, 3.63) is 249 Å². The molecule has 0 fully saturated rings. The largest absolute Gasteiger partial charge is 0.310 e. The van der Waals surface area contributed by atoms with Crippen LogP contribution >= 0.6 is 11.3 Å². The third kappa shape index (κ3) is 6.56. The number of nitrogens with zero attached hydrogens (tertiary/aromatic N) is 1. The van der Waals surface area contributed by atoms with Crippen LogP contribution in [0.2, 0.25) is 0 Å². The Morgan fingerprint density at radius 3 is 1.48 bits per heavy atom. The summed E-state index contributed by atoms with van der Waals surface area (Å²) in [5, 5.41) is 10.6. The zero-order valence-corrected chi connectivity index (χ0v) is 35.3. The highest BCUT2D eigenvalue weighted by molar-refractivity contribution is 7.26. The van der Waals surface area contributed by atoms with Crippen LogP contribution in [0, 0.1) is 0 Å². The second-order valence-electron chi connectivity index (χ2n) is 15.7. The van der Waals surface area contributed by atoms with E-state index in [2.05, 4.69) is 254 Å². The van der Waals surface area contributed by atoms with Crippen LogP contribution in [-0.2, 0) is 0 Å². The lowest BCUT2D eigenvalue weighted by Gasteiger charge is -2.34. The van der Waals surface area contributed by atoms with Crippen LogP contribution in [-0.4, -0.2) is 8.07 Å². The zero-order chi connectivity index (χ0) is 40.6. The van der Waals surface area contributed by atoms with Crippen molar-refractivity contribution in [2.24, 2.45) is 0 Å². The topological polar surface area (TPSA) is 3.24 Å². The molecular weight excluding hydrogens is 771 g/mol. The van der Waals surface area contributed by atoms with E-state index in [1.54, 1.807) is 0 Å². The first kappa shape index (κ1) is 36.8. The Bertz CT molecular complexity index is 3190. The van der Waals surface area contributed by atoms with E-state index in [4.69, 9.17) is 0 Å². The van der Waals surface area contributed by atoms with Crippen LogP contribution < -0.4 is 25.6 Å². The predicted octanol–water partition coefficient (Wildman–Crippen LogP) is 13.4. The number of thiophene rings is 1. The molecule has 0 radical (unpaired) electrons. The average Bonchev–Trinajstić information content (AvgIpc) is 3.72. The van der Waals surface area contributed by atoms with Gasteiger partial charge in [-0.1, -0.05) is 206 Å². The van der Waals surface area contributed by atoms with E-state index in [0.29, 0.717) is 0 Å². The highest BCUT2D eigenvalue weighted by Crippen LogP contribution is 2.43. The number of hydrogen-bond donors (Lipinski definition) is 0. The highest BCUT2D eigenvalue weighted by atomic mass is 32.1. The van der Waals surface area contributed by atoms with Gasteiger partial charge in [0, 0.05) is 37.2 Å². The summed E-state index contributed by atoms with van der Waals surface area (Å²) < 4.78 is 2.63. The highest BCUT2D eigenvalue weighted by Gasteiger charge is 2.41. The lowest BCUT2D eigenvalue weighted by molar-refractivity contribution is 1.29. The van der Waals surface area contributed by atoms with Gasteiger partial charge in [-0.3, -0.25) is 0 Å². The monoisotopic (exact) mass is 811 g/mol. The fourth-order valence-corrected chi connectivity index (χ4v) is 15.3. The van der Waals surface area contributed by atoms with E-state index in [0.717, 1.165) is 17.1 Å². The number of fused-ring (bicyclic) bond motifs is 5. The molecule has 0 aliphatic rings. The Labute approximate surface area is 362 Å². The second kappa shape index (κ2) is 15.7. The molecule has 3 heteroatoms. The first-order valence-electron chi connectivity index (χ1n) is 20.9. The summed E-state index contributed by atoms with van der Waals surface area (Å²) in [5.74, 6) is 0. The molecule has 0 aliphatic carbocycles. The number of anilines is 3. The summed E-state index contributed by atoms with van der Waals surface area (Å²) in [7, 11) is -2.71. The van der Waals surface area contributed by atoms with Crippen molar-refractivity contribution < 1.29 is 0 Å². The SMILES string of the molecule is c1ccc(-c2ccc(N(c3cccc(-c4cccc([Si](c5ccccc5)(c5ccccc5)c5ccccc5)c4)c3)c3ccc4sc5c6ccccc6ccc5c4c3)cc2)cc1. The van der Waals surface area contributed by atoms with E-state index >= 15 is 0 Å². The molecule has 288 valence electrons. The molecule has 0 N–H and O–H groups in total. The van der Waals surface area contributed by atoms with E-state index < -0.39 is 8.07 Å². The fourth-order valence-electron chi connectivity index (χ4n) is 9.33. The molecular formula is C58H41NSSi. The molecule has 10 aromatic carbocycles. The zero-order valence-electron chi connectivity index (χ0n) is 33.5. The molecule has 1 heterocycles. The van der Waals surface area contributed by atoms with Gasteiger partial charge in [-0.25, -0.2) is 0 Å². The van der Waals surface area contributed by atoms with E-state index in [9.17, 15) is 0 Å². The van der Waals surface area contributed by atoms with Crippen molar-refractivity contribution in [3.8, 4) is 22.3 Å². The first-order chi connectivity index (χ1) is 30.2. The molecule has 0 spiro atoms. The molecule has 61 heavy (non-hydrogen) atoms. The minimum Gasteiger partial charge on any atom is -0.310 e. The van der Waals surface area contributed by atoms with E-state index in [-0.39, 0.29) is 0 Å². The van der Waals surface area contributed by atoms with Crippen molar-refractivity contribution in [2.45, 2.75) is 0 Å². The van der Waals surface area contributed by atoms with Gasteiger partial charge in [0.25, 0.3) is 0 Å². The summed E-state index contributed by atoms with van der Waals surface area (Å²) in [6.45, 7) is 0. The molecule has 0 atom stereocenters. The Morgan fingerprint density at radius 2 is 0.803 bits per heavy atom. The maximum absolute atomic E-state index is 2.71. The lowest BCUT2D eigenvalue weighted by atomic mass is 10.0. The average molecular weight is 812 g/mol. The molecule has 0 saturated carbocycles. The van der Waals surface area contributed by atoms with Gasteiger partial charge in [0.1, 0.15) is 0 Å². The Hall–Kier alpha value is -7.30. The maximum atomic E-state index is 2.46. The van der Waals surface area contributed by atoms with Gasteiger partial charge in [0.2, 0.25) is 0 Å². The lowest BCUT2D eigenvalue weighted by Crippen LogP contribution is -2.74. The van der Waals surface area contributed by atoms with Gasteiger partial charge >= 0.3 is 0 Å². The van der Waals surface area contributed by atoms with Crippen molar-refractivity contribution in [1.29, 1.82) is 0 Å². The normalized spacial score (nSPS) is 11.6. The molecule has 0 bridgehead atoms. The Morgan fingerprint density at radius 1 is 0.295 bits per heavy atom. The van der Waals surface area contributed by atoms with Crippen LogP contribution in [0.4, 0.5) is 17.1 Å². The Kier molecular flexibility index (Phi) is 9.46. The minimum atomic E-state index is -2.71.